The molecule has 0 atom stereocenters. The van der Waals surface area contributed by atoms with Gasteiger partial charge in [0.05, 0.1) is 16.5 Å². The number of ether oxygens (including phenoxy) is 2. The molecule has 3 heteroatoms. The lowest BCUT2D eigenvalue weighted by atomic mass is 9.65. The van der Waals surface area contributed by atoms with Gasteiger partial charge in [-0.15, -0.1) is 0 Å². The van der Waals surface area contributed by atoms with Crippen LogP contribution in [0.3, 0.4) is 0 Å². The molecular weight excluding hydrogens is 911 g/mol. The van der Waals surface area contributed by atoms with Crippen molar-refractivity contribution in [2.75, 3.05) is 4.90 Å². The van der Waals surface area contributed by atoms with E-state index in [1.54, 1.807) is 0 Å². The van der Waals surface area contributed by atoms with E-state index in [2.05, 4.69) is 278 Å². The number of benzene rings is 12. The quantitative estimate of drug-likeness (QED) is 0.172. The third-order valence-electron chi connectivity index (χ3n) is 16.6. The van der Waals surface area contributed by atoms with Crippen LogP contribution in [0.2, 0.25) is 0 Å². The van der Waals surface area contributed by atoms with Gasteiger partial charge >= 0.3 is 0 Å². The molecule has 2 aliphatic carbocycles. The van der Waals surface area contributed by atoms with Gasteiger partial charge in [0, 0.05) is 39.2 Å². The summed E-state index contributed by atoms with van der Waals surface area (Å²) in [6.07, 6.45) is 0. The van der Waals surface area contributed by atoms with Crippen molar-refractivity contribution in [3.63, 3.8) is 0 Å². The van der Waals surface area contributed by atoms with E-state index in [1.165, 1.54) is 72.0 Å². The van der Waals surface area contributed by atoms with Crippen molar-refractivity contribution in [1.82, 2.24) is 0 Å². The Bertz CT molecular complexity index is 4220. The number of hydrogen-bond donors (Lipinski definition) is 0. The monoisotopic (exact) mass is 955 g/mol. The van der Waals surface area contributed by atoms with Gasteiger partial charge in [-0.3, -0.25) is 0 Å². The molecule has 16 rings (SSSR count). The predicted molar refractivity (Wildman–Crippen MR) is 304 cm³/mol. The highest BCUT2D eigenvalue weighted by Crippen LogP contribution is 2.66. The molecule has 2 heterocycles. The first-order valence-electron chi connectivity index (χ1n) is 25.9. The molecule has 0 amide bonds. The number of anilines is 3. The van der Waals surface area contributed by atoms with Gasteiger partial charge in [0.1, 0.15) is 23.0 Å². The lowest BCUT2D eigenvalue weighted by molar-refractivity contribution is 0.436. The van der Waals surface area contributed by atoms with E-state index in [0.717, 1.165) is 67.9 Å². The van der Waals surface area contributed by atoms with Crippen LogP contribution in [0.1, 0.15) is 44.5 Å². The van der Waals surface area contributed by atoms with Gasteiger partial charge in [-0.05, 0) is 127 Å². The van der Waals surface area contributed by atoms with E-state index < -0.39 is 10.8 Å². The minimum Gasteiger partial charge on any atom is -0.457 e. The van der Waals surface area contributed by atoms with Gasteiger partial charge < -0.3 is 14.4 Å². The summed E-state index contributed by atoms with van der Waals surface area (Å²) in [6, 6.07) is 100.0. The second-order valence-corrected chi connectivity index (χ2v) is 20.2. The molecule has 0 aromatic heterocycles. The normalized spacial score (nSPS) is 14.0. The molecule has 350 valence electrons. The Kier molecular flexibility index (Phi) is 8.88. The van der Waals surface area contributed by atoms with Crippen molar-refractivity contribution in [2.45, 2.75) is 10.8 Å². The Morgan fingerprint density at radius 1 is 0.280 bits per heavy atom. The fourth-order valence-corrected chi connectivity index (χ4v) is 13.6. The van der Waals surface area contributed by atoms with E-state index in [4.69, 9.17) is 9.47 Å². The summed E-state index contributed by atoms with van der Waals surface area (Å²) in [7, 11) is 0. The van der Waals surface area contributed by atoms with Crippen LogP contribution in [0, 0.1) is 0 Å². The van der Waals surface area contributed by atoms with Crippen molar-refractivity contribution in [3.05, 3.63) is 317 Å². The van der Waals surface area contributed by atoms with Crippen LogP contribution >= 0.6 is 0 Å². The van der Waals surface area contributed by atoms with Crippen molar-refractivity contribution in [2.24, 2.45) is 0 Å². The Balaban J connectivity index is 0.953. The lowest BCUT2D eigenvalue weighted by Crippen LogP contribution is -2.32. The number of hydrogen-bond acceptors (Lipinski definition) is 3. The zero-order valence-corrected chi connectivity index (χ0v) is 40.7. The first-order chi connectivity index (χ1) is 37.2. The Morgan fingerprint density at radius 3 is 1.37 bits per heavy atom. The van der Waals surface area contributed by atoms with Crippen LogP contribution < -0.4 is 14.4 Å². The summed E-state index contributed by atoms with van der Waals surface area (Å²) in [6.45, 7) is 0. The minimum absolute atomic E-state index is 0.622. The molecule has 0 N–H and O–H groups in total. The first-order valence-corrected chi connectivity index (χ1v) is 25.9. The minimum atomic E-state index is -0.638. The second kappa shape index (κ2) is 15.9. The van der Waals surface area contributed by atoms with Gasteiger partial charge in [-0.25, -0.2) is 0 Å². The zero-order chi connectivity index (χ0) is 49.2. The second-order valence-electron chi connectivity index (χ2n) is 20.2. The van der Waals surface area contributed by atoms with Crippen molar-refractivity contribution in [1.29, 1.82) is 0 Å². The molecule has 0 saturated heterocycles. The third kappa shape index (κ3) is 5.75. The van der Waals surface area contributed by atoms with E-state index in [0.29, 0.717) is 0 Å². The van der Waals surface area contributed by atoms with Gasteiger partial charge in [-0.2, -0.15) is 0 Å². The summed E-state index contributed by atoms with van der Waals surface area (Å²) in [5.74, 6) is 3.52. The Labute approximate surface area is 435 Å². The maximum atomic E-state index is 6.80. The van der Waals surface area contributed by atoms with Gasteiger partial charge in [0.2, 0.25) is 0 Å². The number of rotatable bonds is 5. The van der Waals surface area contributed by atoms with Crippen LogP contribution in [-0.2, 0) is 10.8 Å². The fourth-order valence-electron chi connectivity index (χ4n) is 13.6. The predicted octanol–water partition coefficient (Wildman–Crippen LogP) is 18.6. The molecule has 0 fully saturated rings. The highest BCUT2D eigenvalue weighted by Gasteiger charge is 2.54. The highest BCUT2D eigenvalue weighted by atomic mass is 16.5. The van der Waals surface area contributed by atoms with Crippen molar-refractivity contribution in [3.8, 4) is 67.5 Å². The molecule has 2 spiro atoms. The summed E-state index contributed by atoms with van der Waals surface area (Å²) >= 11 is 0. The molecule has 0 saturated carbocycles. The molecule has 3 nitrogen and oxygen atoms in total. The molecule has 0 radical (unpaired) electrons. The van der Waals surface area contributed by atoms with Crippen LogP contribution in [0.5, 0.6) is 23.0 Å². The molecular formula is C72H45NO2. The SMILES string of the molecule is c1ccc(-c2ccc(-c3ccc(N(c4ccc5c(c4)-c4ccc6ccccc6c4C54c5ccccc5Oc5ccccc54)c4cccc5c4-c4ccccc4C54c5ccccc5Oc5ccccc54)cc3)cc2)cc1. The number of fused-ring (bicyclic) bond motifs is 20. The number of para-hydroxylation sites is 4. The van der Waals surface area contributed by atoms with Crippen LogP contribution in [0.25, 0.3) is 55.3 Å². The van der Waals surface area contributed by atoms with Crippen LogP contribution in [0.4, 0.5) is 17.1 Å². The average Bonchev–Trinajstić information content (AvgIpc) is 3.95. The topological polar surface area (TPSA) is 21.7 Å². The van der Waals surface area contributed by atoms with Gasteiger partial charge in [-0.1, -0.05) is 218 Å². The largest absolute Gasteiger partial charge is 0.457 e. The van der Waals surface area contributed by atoms with Crippen molar-refractivity contribution < 1.29 is 9.47 Å². The molecule has 4 aliphatic rings. The molecule has 0 bridgehead atoms. The number of nitrogens with zero attached hydrogens (tertiary/aromatic N) is 1. The van der Waals surface area contributed by atoms with Crippen LogP contribution in [0.15, 0.2) is 273 Å². The standard InChI is InChI=1S/C72H45NO2/c1-2-17-46(18-3-1)47-33-35-48(36-34-47)49-37-40-51(41-38-49)73(64-28-16-27-63-69(64)55-21-6-7-22-57(55)71(63)59-23-8-12-29-65(59)74-66-30-13-9-24-60(66)71)52-42-44-58-56(45-52)54-43-39-50-19-4-5-20-53(50)70(54)72(58)61-25-10-14-31-67(61)75-68-32-15-11-26-62(68)72/h1-45H. The third-order valence-corrected chi connectivity index (χ3v) is 16.6. The Hall–Kier alpha value is -9.70. The van der Waals surface area contributed by atoms with E-state index >= 15 is 0 Å². The fraction of sp³-hybridized carbons (Fsp3) is 0.0278. The van der Waals surface area contributed by atoms with Crippen LogP contribution in [-0.4, -0.2) is 0 Å². The lowest BCUT2D eigenvalue weighted by Gasteiger charge is -2.40. The van der Waals surface area contributed by atoms with E-state index in [1.807, 2.05) is 0 Å². The summed E-state index contributed by atoms with van der Waals surface area (Å²) < 4.78 is 13.6. The smallest absolute Gasteiger partial charge is 0.132 e. The van der Waals surface area contributed by atoms with E-state index in [-0.39, 0.29) is 0 Å². The molecule has 2 aliphatic heterocycles. The van der Waals surface area contributed by atoms with Gasteiger partial charge in [0.15, 0.2) is 0 Å². The molecule has 0 unspecified atom stereocenters. The molecule has 75 heavy (non-hydrogen) atoms. The summed E-state index contributed by atoms with van der Waals surface area (Å²) in [5, 5.41) is 2.45. The summed E-state index contributed by atoms with van der Waals surface area (Å²) in [4.78, 5) is 2.51. The molecule has 12 aromatic rings. The van der Waals surface area contributed by atoms with Crippen molar-refractivity contribution >= 4 is 27.8 Å². The highest BCUT2D eigenvalue weighted by molar-refractivity contribution is 6.03. The summed E-state index contributed by atoms with van der Waals surface area (Å²) in [5.41, 5.74) is 21.2. The maximum Gasteiger partial charge on any atom is 0.132 e. The molecule has 12 aromatic carbocycles. The maximum absolute atomic E-state index is 6.80. The first kappa shape index (κ1) is 41.9. The average molecular weight is 956 g/mol. The van der Waals surface area contributed by atoms with Gasteiger partial charge in [0.25, 0.3) is 0 Å². The van der Waals surface area contributed by atoms with E-state index in [9.17, 15) is 0 Å². The zero-order valence-electron chi connectivity index (χ0n) is 40.7. The Morgan fingerprint density at radius 2 is 0.747 bits per heavy atom.